The highest BCUT2D eigenvalue weighted by molar-refractivity contribution is 6.43. The van der Waals surface area contributed by atoms with Crippen LogP contribution in [0, 0.1) is 23.7 Å². The number of likely N-dealkylation sites (tertiary alicyclic amines) is 2. The zero-order chi connectivity index (χ0) is 105. The zero-order valence-electron chi connectivity index (χ0n) is 81.1. The number of halogens is 12. The maximum absolute atomic E-state index is 12.8. The van der Waals surface area contributed by atoms with Gasteiger partial charge < -0.3 is 85.8 Å². The number of fused-ring (bicyclic) bond motifs is 8. The van der Waals surface area contributed by atoms with E-state index in [9.17, 15) is 38.4 Å². The molecule has 0 aliphatic carbocycles. The van der Waals surface area contributed by atoms with Crippen LogP contribution in [-0.4, -0.2) is 232 Å². The van der Waals surface area contributed by atoms with E-state index in [1.807, 2.05) is 185 Å². The molecule has 7 unspecified atom stereocenters. The van der Waals surface area contributed by atoms with Crippen LogP contribution in [0.15, 0.2) is 256 Å². The van der Waals surface area contributed by atoms with Gasteiger partial charge in [-0.2, -0.15) is 0 Å². The molecule has 0 spiro atoms. The highest BCUT2D eigenvalue weighted by Crippen LogP contribution is 2.45. The van der Waals surface area contributed by atoms with Gasteiger partial charge in [0.05, 0.1) is 106 Å². The minimum atomic E-state index is -0.312. The smallest absolute Gasteiger partial charge is 0.322 e. The Balaban J connectivity index is 0.000000128. The second-order valence-corrected chi connectivity index (χ2v) is 41.9. The van der Waals surface area contributed by atoms with Crippen LogP contribution in [0.4, 0.5) is 92.2 Å². The van der Waals surface area contributed by atoms with Crippen molar-refractivity contribution in [2.24, 2.45) is 23.7 Å². The Kier molecular flexibility index (Phi) is 39.0. The molecule has 22 rings (SSSR count). The summed E-state index contributed by atoms with van der Waals surface area (Å²) < 4.78 is 0. The molecule has 6 aromatic heterocycles. The lowest BCUT2D eigenvalue weighted by Gasteiger charge is -2.36. The molecule has 10 fully saturated rings. The standard InChI is InChI=1S/C19H20Cl2N4O.2C18H18Cl2N4O.C18H19Cl2N3O.2C17H16Cl2N4O2/c20-16-8-22-9-17(21)18(16)24-10-13-6-7-15(12-24)25(11-13)19(26)23-14-4-2-1-3-5-14;19-15-7-21-8-16(20)17(15)24-10-12-6-14(24)11-23(9-12)18(25)22-13-4-2-1-3-5-13;19-15-7-21-8-16(20)17(15)23-9-12-6-14(11-23)24(10-12)18(25)22-13-4-2-1-3-5-13;19-15-11-21-12-16(20)17(15)23-9-4-5-13(8-10-23)18(24)22-14-6-2-1-3-7-14;18-13-9-20-10-14(19)16(13)23-8-4-7-22(11-15(23)24)17(25)21-12-5-2-1-3-6-12;18-13-10-20-11-14(19)16(13)23-9-8-22(7-6-15(23)24)17(25)21-12-4-2-1-3-5-12/h1-5,8-9,13,15H,6-7,10-12H2,(H,23,26);2*1-5,7-8,12,14H,6,9-11H2,(H,22,25);1-3,6-7,11-13H,4-5,8-10H2,(H,22,24);1-3,5-6,9-10H,4,7-8,11H2,(H,21,25);1-5,10-11H,6-9H2,(H,21,25). The van der Waals surface area contributed by atoms with Crippen LogP contribution < -0.4 is 61.3 Å². The Bertz CT molecular complexity index is 6520. The predicted octanol–water partition coefficient (Wildman–Crippen LogP) is 24.7. The molecular weight excluding hydrogens is 2160 g/mol. The number of para-hydroxylation sites is 6. The Labute approximate surface area is 929 Å². The van der Waals surface area contributed by atoms with Crippen molar-refractivity contribution in [3.8, 4) is 0 Å². The molecule has 10 saturated heterocycles. The molecular formula is C107H107Cl12N23O8. The molecule has 10 aliphatic rings. The van der Waals surface area contributed by atoms with E-state index in [0.29, 0.717) is 146 Å². The first-order valence-electron chi connectivity index (χ1n) is 48.9. The lowest BCUT2D eigenvalue weighted by atomic mass is 9.95. The van der Waals surface area contributed by atoms with Gasteiger partial charge in [0.2, 0.25) is 17.7 Å². The molecule has 13 amide bonds. The maximum Gasteiger partial charge on any atom is 0.322 e. The number of piperidine rings is 3. The molecule has 43 heteroatoms. The van der Waals surface area contributed by atoms with Crippen LogP contribution in [-0.2, 0) is 14.4 Å². The number of nitrogens with one attached hydrogen (secondary N) is 6. The molecule has 12 aromatic rings. The van der Waals surface area contributed by atoms with Gasteiger partial charge in [-0.25, -0.2) is 24.0 Å². The van der Waals surface area contributed by atoms with E-state index in [0.717, 1.165) is 156 Å². The van der Waals surface area contributed by atoms with E-state index in [2.05, 4.69) is 81.4 Å². The Morgan fingerprint density at radius 2 is 0.613 bits per heavy atom. The molecule has 7 atom stereocenters. The van der Waals surface area contributed by atoms with Gasteiger partial charge >= 0.3 is 30.2 Å². The summed E-state index contributed by atoms with van der Waals surface area (Å²) in [4.78, 5) is 145. The molecule has 31 nitrogen and oxygen atoms in total. The number of hydrogen-bond acceptors (Lipinski definition) is 18. The van der Waals surface area contributed by atoms with Crippen LogP contribution in [0.25, 0.3) is 0 Å². The summed E-state index contributed by atoms with van der Waals surface area (Å²) >= 11 is 75.1. The second-order valence-electron chi connectivity index (χ2n) is 37.0. The summed E-state index contributed by atoms with van der Waals surface area (Å²) in [5.74, 6) is 0.932. The van der Waals surface area contributed by atoms with Crippen molar-refractivity contribution in [1.82, 2.24) is 54.4 Å². The van der Waals surface area contributed by atoms with Crippen LogP contribution in [0.2, 0.25) is 60.3 Å². The van der Waals surface area contributed by atoms with E-state index < -0.39 is 0 Å². The van der Waals surface area contributed by atoms with Crippen LogP contribution in [0.5, 0.6) is 0 Å². The lowest BCUT2D eigenvalue weighted by molar-refractivity contribution is -0.120. The third-order valence-electron chi connectivity index (χ3n) is 26.9. The number of aromatic nitrogens is 6. The summed E-state index contributed by atoms with van der Waals surface area (Å²) in [7, 11) is 0. The number of carbonyl (C=O) groups excluding carboxylic acids is 8. The average molecular weight is 2270 g/mol. The minimum Gasteiger partial charge on any atom is -0.369 e. The first-order chi connectivity index (χ1) is 72.6. The third-order valence-corrected chi connectivity index (χ3v) is 30.2. The van der Waals surface area contributed by atoms with Gasteiger partial charge in [-0.05, 0) is 142 Å². The highest BCUT2D eigenvalue weighted by atomic mass is 35.5. The molecule has 150 heavy (non-hydrogen) atoms. The number of anilines is 12. The highest BCUT2D eigenvalue weighted by Gasteiger charge is 2.45. The minimum absolute atomic E-state index is 0.00501. The van der Waals surface area contributed by atoms with Crippen LogP contribution >= 0.6 is 139 Å². The fourth-order valence-corrected chi connectivity index (χ4v) is 23.5. The first kappa shape index (κ1) is 110. The van der Waals surface area contributed by atoms with Gasteiger partial charge in [0, 0.05) is 232 Å². The van der Waals surface area contributed by atoms with Crippen LogP contribution in [0.1, 0.15) is 57.8 Å². The summed E-state index contributed by atoms with van der Waals surface area (Å²) in [5, 5.41) is 23.2. The summed E-state index contributed by atoms with van der Waals surface area (Å²) in [6, 6.07) is 56.3. The second kappa shape index (κ2) is 53.1. The number of urea groups is 5. The molecule has 0 radical (unpaired) electrons. The van der Waals surface area contributed by atoms with E-state index >= 15 is 0 Å². The SMILES string of the molecule is O=C(Nc1ccccc1)C1CCCN(c2c(Cl)cncc2Cl)CC1.O=C(Nc1ccccc1)N1CC2CC(C1)N(c1c(Cl)cncc1Cl)C2.O=C(Nc1ccccc1)N1CC2CC1CN(c1c(Cl)cncc1Cl)C2.O=C(Nc1ccccc1)N1CC2CCC1CN(c1c(Cl)cncc1Cl)C2.O=C(Nc1ccccc1)N1CCC(=O)N(c2c(Cl)cncc2Cl)CC1.O=C(Nc1ccccc1)N1CCCN(c2c(Cl)cncc2Cl)C(=O)C1. The Morgan fingerprint density at radius 3 is 1.06 bits per heavy atom. The Morgan fingerprint density at radius 1 is 0.260 bits per heavy atom. The van der Waals surface area contributed by atoms with Gasteiger partial charge in [0.25, 0.3) is 0 Å². The summed E-state index contributed by atoms with van der Waals surface area (Å²) in [5.41, 5.74) is 8.83. The maximum atomic E-state index is 12.8. The number of nitrogens with zero attached hydrogens (tertiary/aromatic N) is 17. The topological polar surface area (TPSA) is 322 Å². The zero-order valence-corrected chi connectivity index (χ0v) is 90.2. The van der Waals surface area contributed by atoms with Gasteiger partial charge in [0.15, 0.2) is 0 Å². The monoisotopic (exact) mass is 2260 g/mol. The predicted molar refractivity (Wildman–Crippen MR) is 602 cm³/mol. The number of carbonyl (C=O) groups is 8. The molecule has 782 valence electrons. The number of hydrogen-bond donors (Lipinski definition) is 6. The van der Waals surface area contributed by atoms with Crippen molar-refractivity contribution in [1.29, 1.82) is 0 Å². The summed E-state index contributed by atoms with van der Waals surface area (Å²) in [6.45, 7) is 10.3. The van der Waals surface area contributed by atoms with E-state index in [-0.39, 0.29) is 84.9 Å². The van der Waals surface area contributed by atoms with Gasteiger partial charge in [-0.1, -0.05) is 248 Å². The first-order valence-corrected chi connectivity index (χ1v) is 53.5. The fraction of sp³-hybridized carbons (Fsp3) is 0.308. The normalized spacial score (nSPS) is 19.1. The number of amides is 13. The molecule has 6 aromatic carbocycles. The van der Waals surface area contributed by atoms with Crippen molar-refractivity contribution in [2.45, 2.75) is 75.9 Å². The van der Waals surface area contributed by atoms with Gasteiger partial charge in [0.1, 0.15) is 6.54 Å². The Hall–Kier alpha value is -12.3. The molecule has 6 N–H and O–H groups in total. The van der Waals surface area contributed by atoms with Crippen molar-refractivity contribution in [2.75, 3.05) is 173 Å². The van der Waals surface area contributed by atoms with E-state index in [4.69, 9.17) is 139 Å². The fourth-order valence-electron chi connectivity index (χ4n) is 19.9. The largest absolute Gasteiger partial charge is 0.369 e. The third kappa shape index (κ3) is 28.9. The van der Waals surface area contributed by atoms with Crippen LogP contribution in [0.3, 0.4) is 0 Å². The molecule has 6 bridgehead atoms. The van der Waals surface area contributed by atoms with Crippen molar-refractivity contribution in [3.05, 3.63) is 317 Å². The average Bonchev–Trinajstić information content (AvgIpc) is 1.64. The van der Waals surface area contributed by atoms with Gasteiger partial charge in [-0.15, -0.1) is 0 Å². The summed E-state index contributed by atoms with van der Waals surface area (Å²) in [6.07, 6.45) is 26.2. The van der Waals surface area contributed by atoms with E-state index in [1.54, 1.807) is 66.6 Å². The van der Waals surface area contributed by atoms with E-state index in [1.165, 1.54) is 39.5 Å². The number of pyridine rings is 6. The van der Waals surface area contributed by atoms with Crippen molar-refractivity contribution in [3.63, 3.8) is 0 Å². The lowest BCUT2D eigenvalue weighted by Crippen LogP contribution is -2.49. The quantitative estimate of drug-likeness (QED) is 0.0624. The molecule has 0 saturated carbocycles. The molecule has 10 aliphatic heterocycles. The van der Waals surface area contributed by atoms with Crippen molar-refractivity contribution < 1.29 is 38.4 Å². The number of benzene rings is 6. The van der Waals surface area contributed by atoms with Gasteiger partial charge in [-0.3, -0.25) is 44.3 Å². The molecule has 16 heterocycles. The van der Waals surface area contributed by atoms with Crippen molar-refractivity contribution >= 4 is 255 Å². The number of rotatable bonds is 13.